The highest BCUT2D eigenvalue weighted by atomic mass is 16.6. The third kappa shape index (κ3) is 8.84. The molecule has 1 unspecified atom stereocenters. The molecule has 0 aromatic heterocycles. The Hall–Kier alpha value is -1.26. The molecular weight excluding hydrogens is 232 g/mol. The van der Waals surface area contributed by atoms with Gasteiger partial charge in [0.25, 0.3) is 0 Å². The minimum Gasteiger partial charge on any atom is -0.444 e. The molecule has 0 fully saturated rings. The predicted molar refractivity (Wildman–Crippen MR) is 71.3 cm³/mol. The maximum Gasteiger partial charge on any atom is 0.407 e. The van der Waals surface area contributed by atoms with Gasteiger partial charge in [-0.1, -0.05) is 13.8 Å². The minimum atomic E-state index is -0.515. The van der Waals surface area contributed by atoms with E-state index in [1.165, 1.54) is 0 Å². The molecule has 0 bridgehead atoms. The molecule has 0 aromatic rings. The predicted octanol–water partition coefficient (Wildman–Crippen LogP) is 2.06. The Morgan fingerprint density at radius 3 is 2.17 bits per heavy atom. The first-order valence-corrected chi connectivity index (χ1v) is 6.38. The molecule has 0 spiro atoms. The molecule has 0 aliphatic heterocycles. The van der Waals surface area contributed by atoms with Crippen LogP contribution in [0.2, 0.25) is 0 Å². The summed E-state index contributed by atoms with van der Waals surface area (Å²) in [6, 6.07) is 0.138. The summed E-state index contributed by atoms with van der Waals surface area (Å²) in [4.78, 5) is 22.8. The lowest BCUT2D eigenvalue weighted by Crippen LogP contribution is -2.39. The molecule has 0 saturated heterocycles. The first-order valence-electron chi connectivity index (χ1n) is 6.38. The van der Waals surface area contributed by atoms with Gasteiger partial charge in [0.05, 0.1) is 0 Å². The van der Waals surface area contributed by atoms with Crippen LogP contribution in [0.3, 0.4) is 0 Å². The summed E-state index contributed by atoms with van der Waals surface area (Å²) in [5.41, 5.74) is -0.515. The average Bonchev–Trinajstić information content (AvgIpc) is 2.14. The van der Waals surface area contributed by atoms with Crippen molar-refractivity contribution in [2.75, 3.05) is 6.54 Å². The fourth-order valence-electron chi connectivity index (χ4n) is 1.09. The lowest BCUT2D eigenvalue weighted by atomic mass is 10.1. The summed E-state index contributed by atoms with van der Waals surface area (Å²) in [5.74, 6) is 0.333. The zero-order valence-electron chi connectivity index (χ0n) is 12.3. The van der Waals surface area contributed by atoms with Gasteiger partial charge < -0.3 is 15.4 Å². The average molecular weight is 258 g/mol. The monoisotopic (exact) mass is 258 g/mol. The largest absolute Gasteiger partial charge is 0.444 e. The molecule has 106 valence electrons. The Kier molecular flexibility index (Phi) is 6.73. The number of nitrogens with one attached hydrogen (secondary N) is 2. The van der Waals surface area contributed by atoms with E-state index in [0.717, 1.165) is 0 Å². The molecule has 5 heteroatoms. The Balaban J connectivity index is 3.78. The van der Waals surface area contributed by atoms with E-state index >= 15 is 0 Å². The number of alkyl carbamates (subject to hydrolysis) is 1. The van der Waals surface area contributed by atoms with Gasteiger partial charge in [-0.2, -0.15) is 0 Å². The molecule has 0 heterocycles. The fraction of sp³-hybridized carbons (Fsp3) is 0.846. The van der Waals surface area contributed by atoms with Gasteiger partial charge in [-0.05, 0) is 33.6 Å². The molecule has 5 nitrogen and oxygen atoms in total. The number of ether oxygens (including phenoxy) is 1. The molecule has 0 saturated carbocycles. The standard InChI is InChI=1S/C13H26N2O3/c1-9(2)10(3)15-11(16)7-8-14-12(17)18-13(4,5)6/h9-10H,7-8H2,1-6H3,(H,14,17)(H,15,16). The molecule has 1 atom stereocenters. The Morgan fingerprint density at radius 2 is 1.72 bits per heavy atom. The maximum absolute atomic E-state index is 11.5. The van der Waals surface area contributed by atoms with Crippen molar-refractivity contribution < 1.29 is 14.3 Å². The van der Waals surface area contributed by atoms with Crippen LogP contribution in [0.15, 0.2) is 0 Å². The van der Waals surface area contributed by atoms with Crippen molar-refractivity contribution in [3.63, 3.8) is 0 Å². The van der Waals surface area contributed by atoms with Crippen molar-refractivity contribution in [2.45, 2.75) is 59.6 Å². The van der Waals surface area contributed by atoms with E-state index < -0.39 is 11.7 Å². The maximum atomic E-state index is 11.5. The lowest BCUT2D eigenvalue weighted by Gasteiger charge is -2.20. The molecule has 2 amide bonds. The minimum absolute atomic E-state index is 0.0627. The highest BCUT2D eigenvalue weighted by molar-refractivity contribution is 5.77. The van der Waals surface area contributed by atoms with Crippen LogP contribution in [0.4, 0.5) is 4.79 Å². The van der Waals surface area contributed by atoms with Crippen molar-refractivity contribution in [3.05, 3.63) is 0 Å². The van der Waals surface area contributed by atoms with Crippen molar-refractivity contribution in [3.8, 4) is 0 Å². The van der Waals surface area contributed by atoms with Crippen molar-refractivity contribution >= 4 is 12.0 Å². The Labute approximate surface area is 110 Å². The van der Waals surface area contributed by atoms with Crippen molar-refractivity contribution in [1.82, 2.24) is 10.6 Å². The topological polar surface area (TPSA) is 67.4 Å². The molecule has 18 heavy (non-hydrogen) atoms. The Morgan fingerprint density at radius 1 is 1.17 bits per heavy atom. The van der Waals surface area contributed by atoms with Gasteiger partial charge >= 0.3 is 6.09 Å². The summed E-state index contributed by atoms with van der Waals surface area (Å²) in [5, 5.41) is 5.42. The smallest absolute Gasteiger partial charge is 0.407 e. The van der Waals surface area contributed by atoms with E-state index in [0.29, 0.717) is 5.92 Å². The molecule has 0 rings (SSSR count). The van der Waals surface area contributed by atoms with E-state index in [-0.39, 0.29) is 24.9 Å². The number of carbonyl (C=O) groups is 2. The van der Waals surface area contributed by atoms with E-state index in [2.05, 4.69) is 10.6 Å². The van der Waals surface area contributed by atoms with Crippen LogP contribution < -0.4 is 10.6 Å². The normalized spacial score (nSPS) is 13.1. The van der Waals surface area contributed by atoms with Crippen LogP contribution in [0.1, 0.15) is 48.0 Å². The molecule has 0 aliphatic rings. The molecular formula is C13H26N2O3. The van der Waals surface area contributed by atoms with Gasteiger partial charge in [0.2, 0.25) is 5.91 Å². The Bertz CT molecular complexity index is 282. The SMILES string of the molecule is CC(C)C(C)NC(=O)CCNC(=O)OC(C)(C)C. The van der Waals surface area contributed by atoms with Gasteiger partial charge in [-0.25, -0.2) is 4.79 Å². The van der Waals surface area contributed by atoms with Gasteiger partial charge in [0.15, 0.2) is 0 Å². The van der Waals surface area contributed by atoms with Crippen LogP contribution in [0, 0.1) is 5.92 Å². The third-order valence-corrected chi connectivity index (χ3v) is 2.41. The van der Waals surface area contributed by atoms with Gasteiger partial charge in [0.1, 0.15) is 5.60 Å². The van der Waals surface area contributed by atoms with Crippen LogP contribution in [-0.4, -0.2) is 30.2 Å². The summed E-state index contributed by atoms with van der Waals surface area (Å²) in [6.45, 7) is 11.7. The van der Waals surface area contributed by atoms with E-state index in [1.807, 2.05) is 20.8 Å². The van der Waals surface area contributed by atoms with Crippen LogP contribution in [0.25, 0.3) is 0 Å². The molecule has 0 aromatic carbocycles. The highest BCUT2D eigenvalue weighted by Crippen LogP contribution is 2.06. The van der Waals surface area contributed by atoms with Gasteiger partial charge in [0, 0.05) is 19.0 Å². The van der Waals surface area contributed by atoms with Gasteiger partial charge in [-0.15, -0.1) is 0 Å². The van der Waals surface area contributed by atoms with Crippen molar-refractivity contribution in [2.24, 2.45) is 5.92 Å². The second-order valence-corrected chi connectivity index (χ2v) is 5.78. The number of carbonyl (C=O) groups excluding carboxylic acids is 2. The number of hydrogen-bond acceptors (Lipinski definition) is 3. The summed E-state index contributed by atoms with van der Waals surface area (Å²) in [7, 11) is 0. The first-order chi connectivity index (χ1) is 8.11. The third-order valence-electron chi connectivity index (χ3n) is 2.41. The number of hydrogen-bond donors (Lipinski definition) is 2. The van der Waals surface area contributed by atoms with Gasteiger partial charge in [-0.3, -0.25) is 4.79 Å². The van der Waals surface area contributed by atoms with E-state index in [9.17, 15) is 9.59 Å². The van der Waals surface area contributed by atoms with E-state index in [1.54, 1.807) is 20.8 Å². The second-order valence-electron chi connectivity index (χ2n) is 5.78. The summed E-state index contributed by atoms with van der Waals surface area (Å²) >= 11 is 0. The zero-order chi connectivity index (χ0) is 14.3. The lowest BCUT2D eigenvalue weighted by molar-refractivity contribution is -0.121. The zero-order valence-corrected chi connectivity index (χ0v) is 12.3. The van der Waals surface area contributed by atoms with E-state index in [4.69, 9.17) is 4.74 Å². The molecule has 0 aliphatic carbocycles. The number of amides is 2. The quantitative estimate of drug-likeness (QED) is 0.793. The van der Waals surface area contributed by atoms with Crippen LogP contribution in [0.5, 0.6) is 0 Å². The molecule has 0 radical (unpaired) electrons. The fourth-order valence-corrected chi connectivity index (χ4v) is 1.09. The second kappa shape index (κ2) is 7.24. The summed E-state index contributed by atoms with van der Waals surface area (Å²) < 4.78 is 5.06. The van der Waals surface area contributed by atoms with Crippen LogP contribution >= 0.6 is 0 Å². The summed E-state index contributed by atoms with van der Waals surface area (Å²) in [6.07, 6.45) is -0.233. The highest BCUT2D eigenvalue weighted by Gasteiger charge is 2.16. The first kappa shape index (κ1) is 16.7. The van der Waals surface area contributed by atoms with Crippen LogP contribution in [-0.2, 0) is 9.53 Å². The van der Waals surface area contributed by atoms with Crippen molar-refractivity contribution in [1.29, 1.82) is 0 Å². The molecule has 2 N–H and O–H groups in total. The number of rotatable bonds is 5.